The van der Waals surface area contributed by atoms with Crippen molar-refractivity contribution in [1.82, 2.24) is 5.43 Å². The SMILES string of the molecule is CC(=NNC(=O)O)c1cccc(O)c1. The summed E-state index contributed by atoms with van der Waals surface area (Å²) >= 11 is 0. The Morgan fingerprint density at radius 2 is 2.21 bits per heavy atom. The van der Waals surface area contributed by atoms with Crippen LogP contribution in [0.5, 0.6) is 5.75 Å². The van der Waals surface area contributed by atoms with E-state index in [9.17, 15) is 4.79 Å². The zero-order valence-electron chi connectivity index (χ0n) is 7.56. The molecule has 0 bridgehead atoms. The maximum atomic E-state index is 10.1. The van der Waals surface area contributed by atoms with Gasteiger partial charge in [-0.1, -0.05) is 12.1 Å². The first kappa shape index (κ1) is 10.0. The lowest BCUT2D eigenvalue weighted by molar-refractivity contribution is 0.195. The number of nitrogens with one attached hydrogen (secondary N) is 1. The van der Waals surface area contributed by atoms with Crippen molar-refractivity contribution >= 4 is 11.8 Å². The van der Waals surface area contributed by atoms with E-state index < -0.39 is 6.09 Å². The first-order chi connectivity index (χ1) is 6.59. The second-order valence-electron chi connectivity index (χ2n) is 2.66. The summed E-state index contributed by atoms with van der Waals surface area (Å²) < 4.78 is 0. The van der Waals surface area contributed by atoms with Gasteiger partial charge in [-0.15, -0.1) is 0 Å². The standard InChI is InChI=1S/C9H10N2O3/c1-6(10-11-9(13)14)7-3-2-4-8(12)5-7/h2-5,11-12H,1H3,(H,13,14). The lowest BCUT2D eigenvalue weighted by Crippen LogP contribution is -2.16. The third kappa shape index (κ3) is 2.78. The normalized spacial score (nSPS) is 11.1. The van der Waals surface area contributed by atoms with Gasteiger partial charge >= 0.3 is 6.09 Å². The number of carbonyl (C=O) groups is 1. The fraction of sp³-hybridized carbons (Fsp3) is 0.111. The molecule has 0 aliphatic heterocycles. The molecule has 0 saturated heterocycles. The summed E-state index contributed by atoms with van der Waals surface area (Å²) in [6.45, 7) is 1.64. The van der Waals surface area contributed by atoms with Gasteiger partial charge in [0.05, 0.1) is 5.71 Å². The molecule has 14 heavy (non-hydrogen) atoms. The molecule has 0 unspecified atom stereocenters. The number of benzene rings is 1. The number of phenols is 1. The Morgan fingerprint density at radius 1 is 1.50 bits per heavy atom. The summed E-state index contributed by atoms with van der Waals surface area (Å²) in [6.07, 6.45) is -1.22. The number of nitrogens with zero attached hydrogens (tertiary/aromatic N) is 1. The largest absolute Gasteiger partial charge is 0.508 e. The number of carboxylic acid groups (broad SMARTS) is 1. The zero-order valence-corrected chi connectivity index (χ0v) is 7.56. The number of aromatic hydroxyl groups is 1. The molecular weight excluding hydrogens is 184 g/mol. The highest BCUT2D eigenvalue weighted by atomic mass is 16.4. The predicted octanol–water partition coefficient (Wildman–Crippen LogP) is 1.38. The minimum atomic E-state index is -1.22. The fourth-order valence-electron chi connectivity index (χ4n) is 0.927. The van der Waals surface area contributed by atoms with E-state index >= 15 is 0 Å². The van der Waals surface area contributed by atoms with E-state index in [2.05, 4.69) is 5.10 Å². The van der Waals surface area contributed by atoms with Crippen molar-refractivity contribution in [3.63, 3.8) is 0 Å². The van der Waals surface area contributed by atoms with Gasteiger partial charge in [-0.2, -0.15) is 5.10 Å². The summed E-state index contributed by atoms with van der Waals surface area (Å²) in [4.78, 5) is 10.1. The highest BCUT2D eigenvalue weighted by molar-refractivity contribution is 5.99. The van der Waals surface area contributed by atoms with Crippen molar-refractivity contribution in [2.24, 2.45) is 5.10 Å². The molecule has 0 fully saturated rings. The molecule has 0 aromatic heterocycles. The molecule has 0 aliphatic carbocycles. The van der Waals surface area contributed by atoms with Gasteiger partial charge in [0, 0.05) is 5.56 Å². The first-order valence-electron chi connectivity index (χ1n) is 3.92. The first-order valence-corrected chi connectivity index (χ1v) is 3.92. The third-order valence-corrected chi connectivity index (χ3v) is 1.58. The maximum Gasteiger partial charge on any atom is 0.425 e. The molecule has 0 saturated carbocycles. The van der Waals surface area contributed by atoms with Crippen LogP contribution in [0, 0.1) is 0 Å². The molecule has 1 aromatic carbocycles. The average Bonchev–Trinajstić information content (AvgIpc) is 2.14. The number of hydrogen-bond acceptors (Lipinski definition) is 3. The van der Waals surface area contributed by atoms with E-state index in [1.807, 2.05) is 5.43 Å². The molecule has 0 heterocycles. The van der Waals surface area contributed by atoms with E-state index in [0.717, 1.165) is 0 Å². The van der Waals surface area contributed by atoms with Crippen LogP contribution in [0.4, 0.5) is 4.79 Å². The summed E-state index contributed by atoms with van der Waals surface area (Å²) in [5.74, 6) is 0.118. The van der Waals surface area contributed by atoms with Crippen molar-refractivity contribution < 1.29 is 15.0 Å². The molecule has 0 spiro atoms. The van der Waals surface area contributed by atoms with Crippen LogP contribution in [0.2, 0.25) is 0 Å². The van der Waals surface area contributed by atoms with Crippen molar-refractivity contribution in [3.8, 4) is 5.75 Å². The summed E-state index contributed by atoms with van der Waals surface area (Å²) in [5.41, 5.74) is 3.04. The van der Waals surface area contributed by atoms with E-state index in [0.29, 0.717) is 11.3 Å². The van der Waals surface area contributed by atoms with Crippen LogP contribution >= 0.6 is 0 Å². The Morgan fingerprint density at radius 3 is 2.79 bits per heavy atom. The molecule has 1 amide bonds. The Hall–Kier alpha value is -2.04. The van der Waals surface area contributed by atoms with Crippen molar-refractivity contribution in [2.45, 2.75) is 6.92 Å². The lowest BCUT2D eigenvalue weighted by Gasteiger charge is -2.00. The van der Waals surface area contributed by atoms with Gasteiger partial charge in [0.15, 0.2) is 0 Å². The smallest absolute Gasteiger partial charge is 0.425 e. The average molecular weight is 194 g/mol. The topological polar surface area (TPSA) is 81.9 Å². The second-order valence-corrected chi connectivity index (χ2v) is 2.66. The molecule has 1 aromatic rings. The molecule has 0 radical (unpaired) electrons. The fourth-order valence-corrected chi connectivity index (χ4v) is 0.927. The molecule has 1 rings (SSSR count). The van der Waals surface area contributed by atoms with Gasteiger partial charge in [-0.05, 0) is 19.1 Å². The molecule has 0 atom stereocenters. The highest BCUT2D eigenvalue weighted by Crippen LogP contribution is 2.11. The van der Waals surface area contributed by atoms with Gasteiger partial charge in [0.1, 0.15) is 5.75 Å². The number of hydrogen-bond donors (Lipinski definition) is 3. The molecule has 5 nitrogen and oxygen atoms in total. The number of rotatable bonds is 2. The summed E-state index contributed by atoms with van der Waals surface area (Å²) in [5, 5.41) is 21.0. The molecule has 0 aliphatic rings. The van der Waals surface area contributed by atoms with E-state index in [1.54, 1.807) is 19.1 Å². The van der Waals surface area contributed by atoms with Gasteiger partial charge < -0.3 is 10.2 Å². The van der Waals surface area contributed by atoms with Crippen LogP contribution in [0.25, 0.3) is 0 Å². The second kappa shape index (κ2) is 4.27. The summed E-state index contributed by atoms with van der Waals surface area (Å²) in [7, 11) is 0. The van der Waals surface area contributed by atoms with Crippen molar-refractivity contribution in [2.75, 3.05) is 0 Å². The Labute approximate surface area is 80.7 Å². The van der Waals surface area contributed by atoms with E-state index in [-0.39, 0.29) is 5.75 Å². The number of phenolic OH excluding ortho intramolecular Hbond substituents is 1. The molecule has 5 heteroatoms. The monoisotopic (exact) mass is 194 g/mol. The predicted molar refractivity (Wildman–Crippen MR) is 51.5 cm³/mol. The molecular formula is C9H10N2O3. The lowest BCUT2D eigenvalue weighted by atomic mass is 10.1. The van der Waals surface area contributed by atoms with Gasteiger partial charge in [-0.3, -0.25) is 0 Å². The Bertz CT molecular complexity index is 374. The van der Waals surface area contributed by atoms with Gasteiger partial charge in [-0.25, -0.2) is 10.2 Å². The highest BCUT2D eigenvalue weighted by Gasteiger charge is 1.99. The minimum absolute atomic E-state index is 0.118. The molecule has 74 valence electrons. The van der Waals surface area contributed by atoms with Crippen LogP contribution in [-0.4, -0.2) is 22.0 Å². The number of hydrazone groups is 1. The van der Waals surface area contributed by atoms with E-state index in [1.165, 1.54) is 12.1 Å². The Balaban J connectivity index is 2.83. The van der Waals surface area contributed by atoms with E-state index in [4.69, 9.17) is 10.2 Å². The third-order valence-electron chi connectivity index (χ3n) is 1.58. The van der Waals surface area contributed by atoms with Crippen LogP contribution in [0.15, 0.2) is 29.4 Å². The molecule has 3 N–H and O–H groups in total. The zero-order chi connectivity index (χ0) is 10.6. The van der Waals surface area contributed by atoms with Gasteiger partial charge in [0.2, 0.25) is 0 Å². The maximum absolute atomic E-state index is 10.1. The quantitative estimate of drug-likeness (QED) is 0.491. The van der Waals surface area contributed by atoms with Crippen LogP contribution in [0.1, 0.15) is 12.5 Å². The number of amides is 1. The van der Waals surface area contributed by atoms with Crippen molar-refractivity contribution in [3.05, 3.63) is 29.8 Å². The van der Waals surface area contributed by atoms with Crippen molar-refractivity contribution in [1.29, 1.82) is 0 Å². The van der Waals surface area contributed by atoms with Crippen LogP contribution in [0.3, 0.4) is 0 Å². The van der Waals surface area contributed by atoms with Crippen LogP contribution < -0.4 is 5.43 Å². The Kier molecular flexibility index (Phi) is 3.06. The summed E-state index contributed by atoms with van der Waals surface area (Å²) in [6, 6.07) is 6.41. The van der Waals surface area contributed by atoms with Crippen LogP contribution in [-0.2, 0) is 0 Å². The minimum Gasteiger partial charge on any atom is -0.508 e. The van der Waals surface area contributed by atoms with Gasteiger partial charge in [0.25, 0.3) is 0 Å².